The summed E-state index contributed by atoms with van der Waals surface area (Å²) < 4.78 is 0. The van der Waals surface area contributed by atoms with Crippen LogP contribution in [0.3, 0.4) is 0 Å². The number of rotatable bonds is 2. The summed E-state index contributed by atoms with van der Waals surface area (Å²) in [4.78, 5) is 0. The van der Waals surface area contributed by atoms with Crippen LogP contribution in [0.5, 0.6) is 0 Å². The van der Waals surface area contributed by atoms with Crippen LogP contribution in [0.1, 0.15) is 46.5 Å². The van der Waals surface area contributed by atoms with Crippen LogP contribution in [0.2, 0.25) is 0 Å². The number of alkyl halides is 1. The lowest BCUT2D eigenvalue weighted by atomic mass is 9.67. The second-order valence-electron chi connectivity index (χ2n) is 4.99. The predicted octanol–water partition coefficient (Wildman–Crippen LogP) is 4.08. The van der Waals surface area contributed by atoms with Gasteiger partial charge in [-0.05, 0) is 23.7 Å². The van der Waals surface area contributed by atoms with E-state index in [0.29, 0.717) is 5.41 Å². The first-order valence-corrected chi connectivity index (χ1v) is 5.67. The molecule has 0 spiro atoms. The third-order valence-corrected chi connectivity index (χ3v) is 4.15. The van der Waals surface area contributed by atoms with Crippen molar-refractivity contribution in [2.24, 2.45) is 17.3 Å². The second kappa shape index (κ2) is 4.00. The van der Waals surface area contributed by atoms with Crippen molar-refractivity contribution >= 4 is 11.6 Å². The maximum atomic E-state index is 5.99. The van der Waals surface area contributed by atoms with Crippen LogP contribution >= 0.6 is 11.6 Å². The summed E-state index contributed by atoms with van der Waals surface area (Å²) >= 11 is 5.99. The number of hydrogen-bond donors (Lipinski definition) is 0. The molecule has 0 N–H and O–H groups in total. The highest BCUT2D eigenvalue weighted by atomic mass is 35.5. The zero-order chi connectivity index (χ0) is 9.19. The van der Waals surface area contributed by atoms with Gasteiger partial charge in [0, 0.05) is 5.88 Å². The summed E-state index contributed by atoms with van der Waals surface area (Å²) in [5.41, 5.74) is 0.349. The Kier molecular flexibility index (Phi) is 3.46. The van der Waals surface area contributed by atoms with Crippen molar-refractivity contribution in [1.82, 2.24) is 0 Å². The molecule has 12 heavy (non-hydrogen) atoms. The van der Waals surface area contributed by atoms with Gasteiger partial charge in [0.25, 0.3) is 0 Å². The smallest absolute Gasteiger partial charge is 0.0277 e. The minimum absolute atomic E-state index is 0.349. The lowest BCUT2D eigenvalue weighted by Crippen LogP contribution is -2.33. The normalized spacial score (nSPS) is 32.0. The van der Waals surface area contributed by atoms with Gasteiger partial charge in [-0.1, -0.05) is 40.0 Å². The summed E-state index contributed by atoms with van der Waals surface area (Å²) in [6, 6.07) is 0. The first kappa shape index (κ1) is 10.4. The van der Waals surface area contributed by atoms with E-state index in [1.807, 2.05) is 0 Å². The zero-order valence-electron chi connectivity index (χ0n) is 8.57. The van der Waals surface area contributed by atoms with Crippen molar-refractivity contribution in [2.45, 2.75) is 46.5 Å². The van der Waals surface area contributed by atoms with Gasteiger partial charge in [-0.3, -0.25) is 0 Å². The van der Waals surface area contributed by atoms with Gasteiger partial charge in [0.15, 0.2) is 0 Å². The average Bonchev–Trinajstić information content (AvgIpc) is 2.05. The Morgan fingerprint density at radius 3 is 2.33 bits per heavy atom. The van der Waals surface area contributed by atoms with Gasteiger partial charge >= 0.3 is 0 Å². The Bertz CT molecular complexity index is 140. The van der Waals surface area contributed by atoms with E-state index < -0.39 is 0 Å². The quantitative estimate of drug-likeness (QED) is 0.573. The van der Waals surface area contributed by atoms with Gasteiger partial charge in [-0.2, -0.15) is 0 Å². The minimum atomic E-state index is 0.349. The molecule has 0 radical (unpaired) electrons. The summed E-state index contributed by atoms with van der Waals surface area (Å²) in [6.07, 6.45) is 5.64. The van der Waals surface area contributed by atoms with Crippen molar-refractivity contribution in [3.8, 4) is 0 Å². The summed E-state index contributed by atoms with van der Waals surface area (Å²) in [6.45, 7) is 7.01. The van der Waals surface area contributed by atoms with E-state index in [0.717, 1.165) is 17.7 Å². The molecule has 2 atom stereocenters. The minimum Gasteiger partial charge on any atom is -0.126 e. The molecule has 0 aromatic carbocycles. The Morgan fingerprint density at radius 1 is 1.25 bits per heavy atom. The molecule has 1 saturated carbocycles. The van der Waals surface area contributed by atoms with E-state index in [1.165, 1.54) is 25.7 Å². The van der Waals surface area contributed by atoms with Gasteiger partial charge < -0.3 is 0 Å². The zero-order valence-corrected chi connectivity index (χ0v) is 9.32. The highest BCUT2D eigenvalue weighted by Crippen LogP contribution is 2.42. The summed E-state index contributed by atoms with van der Waals surface area (Å²) in [5.74, 6) is 2.54. The molecule has 0 amide bonds. The van der Waals surface area contributed by atoms with Gasteiger partial charge in [-0.25, -0.2) is 0 Å². The molecule has 1 aliphatic carbocycles. The number of hydrogen-bond acceptors (Lipinski definition) is 0. The molecule has 1 heteroatoms. The Balaban J connectivity index is 2.58. The SMILES string of the molecule is CC1CCCCC1C(C)(C)CCl. The summed E-state index contributed by atoms with van der Waals surface area (Å²) in [7, 11) is 0. The molecule has 0 bridgehead atoms. The number of halogens is 1. The maximum absolute atomic E-state index is 5.99. The standard InChI is InChI=1S/C11H21Cl/c1-9-6-4-5-7-10(9)11(2,3)8-12/h9-10H,4-8H2,1-3H3. The van der Waals surface area contributed by atoms with Gasteiger partial charge in [0.05, 0.1) is 0 Å². The molecule has 72 valence electrons. The molecule has 0 heterocycles. The molecule has 0 nitrogen and oxygen atoms in total. The van der Waals surface area contributed by atoms with Crippen molar-refractivity contribution in [3.63, 3.8) is 0 Å². The molecule has 1 fully saturated rings. The molecule has 0 saturated heterocycles. The topological polar surface area (TPSA) is 0 Å². The van der Waals surface area contributed by atoms with E-state index in [-0.39, 0.29) is 0 Å². The van der Waals surface area contributed by atoms with Crippen LogP contribution in [0, 0.1) is 17.3 Å². The van der Waals surface area contributed by atoms with Crippen LogP contribution in [-0.2, 0) is 0 Å². The van der Waals surface area contributed by atoms with E-state index in [2.05, 4.69) is 20.8 Å². The third kappa shape index (κ3) is 2.16. The maximum Gasteiger partial charge on any atom is 0.0277 e. The molecule has 2 unspecified atom stereocenters. The largest absolute Gasteiger partial charge is 0.126 e. The Labute approximate surface area is 81.7 Å². The van der Waals surface area contributed by atoms with E-state index in [4.69, 9.17) is 11.6 Å². The first-order chi connectivity index (χ1) is 5.58. The monoisotopic (exact) mass is 188 g/mol. The molecule has 1 rings (SSSR count). The third-order valence-electron chi connectivity index (χ3n) is 3.46. The van der Waals surface area contributed by atoms with Crippen molar-refractivity contribution in [1.29, 1.82) is 0 Å². The van der Waals surface area contributed by atoms with Gasteiger partial charge in [0.2, 0.25) is 0 Å². The fraction of sp³-hybridized carbons (Fsp3) is 1.00. The van der Waals surface area contributed by atoms with Crippen molar-refractivity contribution in [2.75, 3.05) is 5.88 Å². The average molecular weight is 189 g/mol. The molecule has 1 aliphatic rings. The molecule has 0 aromatic rings. The molecular formula is C11H21Cl. The van der Waals surface area contributed by atoms with E-state index in [9.17, 15) is 0 Å². The van der Waals surface area contributed by atoms with Crippen LogP contribution in [0.4, 0.5) is 0 Å². The van der Waals surface area contributed by atoms with Crippen LogP contribution in [-0.4, -0.2) is 5.88 Å². The molecule has 0 aliphatic heterocycles. The van der Waals surface area contributed by atoms with Gasteiger partial charge in [-0.15, -0.1) is 11.6 Å². The second-order valence-corrected chi connectivity index (χ2v) is 5.26. The fourth-order valence-electron chi connectivity index (χ4n) is 2.58. The lowest BCUT2D eigenvalue weighted by Gasteiger charge is -2.40. The first-order valence-electron chi connectivity index (χ1n) is 5.14. The van der Waals surface area contributed by atoms with Gasteiger partial charge in [0.1, 0.15) is 0 Å². The van der Waals surface area contributed by atoms with Crippen LogP contribution < -0.4 is 0 Å². The summed E-state index contributed by atoms with van der Waals surface area (Å²) in [5, 5.41) is 0. The fourth-order valence-corrected chi connectivity index (χ4v) is 2.77. The Hall–Kier alpha value is 0.290. The van der Waals surface area contributed by atoms with Crippen molar-refractivity contribution in [3.05, 3.63) is 0 Å². The van der Waals surface area contributed by atoms with E-state index in [1.54, 1.807) is 0 Å². The van der Waals surface area contributed by atoms with Crippen molar-refractivity contribution < 1.29 is 0 Å². The van der Waals surface area contributed by atoms with Crippen LogP contribution in [0.15, 0.2) is 0 Å². The highest BCUT2D eigenvalue weighted by Gasteiger charge is 2.34. The highest BCUT2D eigenvalue weighted by molar-refractivity contribution is 6.18. The van der Waals surface area contributed by atoms with E-state index >= 15 is 0 Å². The van der Waals surface area contributed by atoms with Crippen LogP contribution in [0.25, 0.3) is 0 Å². The lowest BCUT2D eigenvalue weighted by molar-refractivity contribution is 0.122. The molecular weight excluding hydrogens is 168 g/mol. The Morgan fingerprint density at radius 2 is 1.83 bits per heavy atom. The predicted molar refractivity (Wildman–Crippen MR) is 55.6 cm³/mol. The molecule has 0 aromatic heterocycles.